The van der Waals surface area contributed by atoms with Crippen molar-refractivity contribution in [2.75, 3.05) is 13.2 Å². The molecule has 0 saturated heterocycles. The number of halogens is 1. The highest BCUT2D eigenvalue weighted by Crippen LogP contribution is 2.19. The Morgan fingerprint density at radius 3 is 2.68 bits per heavy atom. The van der Waals surface area contributed by atoms with Gasteiger partial charge in [0.1, 0.15) is 18.2 Å². The van der Waals surface area contributed by atoms with Crippen LogP contribution in [0.1, 0.15) is 26.1 Å². The molecule has 3 aromatic rings. The molecule has 0 aliphatic heterocycles. The first-order chi connectivity index (χ1) is 13.5. The van der Waals surface area contributed by atoms with Gasteiger partial charge in [-0.05, 0) is 42.8 Å². The zero-order chi connectivity index (χ0) is 19.9. The smallest absolute Gasteiger partial charge is 0.222 e. The number of para-hydroxylation sites is 2. The Labute approximate surface area is 170 Å². The second-order valence-corrected chi connectivity index (χ2v) is 7.46. The number of nitrogens with one attached hydrogen (secondary N) is 1. The average Bonchev–Trinajstić information content (AvgIpc) is 3.04. The first-order valence-electron chi connectivity index (χ1n) is 9.65. The molecule has 0 bridgehead atoms. The fourth-order valence-corrected chi connectivity index (χ4v) is 3.14. The van der Waals surface area contributed by atoms with Crippen LogP contribution in [0.15, 0.2) is 48.5 Å². The predicted molar refractivity (Wildman–Crippen MR) is 113 cm³/mol. The summed E-state index contributed by atoms with van der Waals surface area (Å²) >= 11 is 5.92. The summed E-state index contributed by atoms with van der Waals surface area (Å²) in [4.78, 5) is 16.5. The molecule has 2 aromatic carbocycles. The maximum Gasteiger partial charge on any atom is 0.222 e. The summed E-state index contributed by atoms with van der Waals surface area (Å²) in [5.74, 6) is 1.91. The molecule has 0 radical (unpaired) electrons. The highest BCUT2D eigenvalue weighted by molar-refractivity contribution is 6.30. The zero-order valence-corrected chi connectivity index (χ0v) is 17.1. The van der Waals surface area contributed by atoms with Gasteiger partial charge >= 0.3 is 0 Å². The molecule has 0 atom stereocenters. The maximum atomic E-state index is 11.7. The molecule has 28 heavy (non-hydrogen) atoms. The number of ether oxygens (including phenoxy) is 1. The van der Waals surface area contributed by atoms with Crippen LogP contribution in [0, 0.1) is 5.92 Å². The standard InChI is InChI=1S/C22H26ClN3O2/c1-16(2)22(27)24-13-5-8-21-25-19-6-3-4-7-20(19)26(21)14-15-28-18-11-9-17(23)10-12-18/h3-4,6-7,9-12,16H,5,8,13-15H2,1-2H3,(H,24,27). The number of aryl methyl sites for hydroxylation is 1. The summed E-state index contributed by atoms with van der Waals surface area (Å²) in [5.41, 5.74) is 2.08. The van der Waals surface area contributed by atoms with E-state index in [2.05, 4.69) is 16.0 Å². The van der Waals surface area contributed by atoms with Crippen LogP contribution in [0.25, 0.3) is 11.0 Å². The van der Waals surface area contributed by atoms with Crippen molar-refractivity contribution in [3.05, 3.63) is 59.4 Å². The van der Waals surface area contributed by atoms with Crippen LogP contribution >= 0.6 is 11.6 Å². The van der Waals surface area contributed by atoms with Gasteiger partial charge in [-0.2, -0.15) is 0 Å². The number of fused-ring (bicyclic) bond motifs is 1. The molecule has 1 aromatic heterocycles. The van der Waals surface area contributed by atoms with Crippen molar-refractivity contribution in [3.8, 4) is 5.75 Å². The molecule has 1 N–H and O–H groups in total. The lowest BCUT2D eigenvalue weighted by Gasteiger charge is -2.11. The van der Waals surface area contributed by atoms with Gasteiger partial charge in [0.2, 0.25) is 5.91 Å². The highest BCUT2D eigenvalue weighted by Gasteiger charge is 2.11. The van der Waals surface area contributed by atoms with Crippen molar-refractivity contribution in [1.29, 1.82) is 0 Å². The van der Waals surface area contributed by atoms with Crippen molar-refractivity contribution in [3.63, 3.8) is 0 Å². The molecule has 0 spiro atoms. The van der Waals surface area contributed by atoms with E-state index in [1.165, 1.54) is 0 Å². The minimum atomic E-state index is 0.00888. The number of rotatable bonds is 9. The van der Waals surface area contributed by atoms with Gasteiger partial charge in [-0.25, -0.2) is 4.98 Å². The third-order valence-electron chi connectivity index (χ3n) is 4.53. The Bertz CT molecular complexity index is 919. The van der Waals surface area contributed by atoms with Gasteiger partial charge in [-0.3, -0.25) is 4.79 Å². The molecule has 148 valence electrons. The first kappa shape index (κ1) is 20.2. The van der Waals surface area contributed by atoms with Gasteiger partial charge in [0, 0.05) is 23.9 Å². The molecular weight excluding hydrogens is 374 g/mol. The normalized spacial score (nSPS) is 11.1. The average molecular weight is 400 g/mol. The fraction of sp³-hybridized carbons (Fsp3) is 0.364. The lowest BCUT2D eigenvalue weighted by Crippen LogP contribution is -2.28. The van der Waals surface area contributed by atoms with Crippen LogP contribution in [0.5, 0.6) is 5.75 Å². The summed E-state index contributed by atoms with van der Waals surface area (Å²) in [6, 6.07) is 15.5. The number of carbonyl (C=O) groups excluding carboxylic acids is 1. The first-order valence-corrected chi connectivity index (χ1v) is 10.0. The highest BCUT2D eigenvalue weighted by atomic mass is 35.5. The molecule has 5 nitrogen and oxygen atoms in total. The Hall–Kier alpha value is -2.53. The van der Waals surface area contributed by atoms with Crippen molar-refractivity contribution in [2.24, 2.45) is 5.92 Å². The summed E-state index contributed by atoms with van der Waals surface area (Å²) in [6.45, 7) is 5.70. The molecule has 1 amide bonds. The van der Waals surface area contributed by atoms with E-state index < -0.39 is 0 Å². The number of benzene rings is 2. The van der Waals surface area contributed by atoms with Gasteiger partial charge in [-0.15, -0.1) is 0 Å². The van der Waals surface area contributed by atoms with Gasteiger partial charge in [0.05, 0.1) is 17.6 Å². The van der Waals surface area contributed by atoms with Gasteiger partial charge in [-0.1, -0.05) is 37.6 Å². The number of hydrogen-bond acceptors (Lipinski definition) is 3. The molecule has 0 fully saturated rings. The topological polar surface area (TPSA) is 56.2 Å². The van der Waals surface area contributed by atoms with Gasteiger partial charge in [0.25, 0.3) is 0 Å². The van der Waals surface area contributed by atoms with Crippen molar-refractivity contribution in [2.45, 2.75) is 33.2 Å². The molecule has 0 aliphatic carbocycles. The number of aromatic nitrogens is 2. The van der Waals surface area contributed by atoms with Crippen molar-refractivity contribution < 1.29 is 9.53 Å². The van der Waals surface area contributed by atoms with E-state index in [0.29, 0.717) is 24.7 Å². The molecule has 6 heteroatoms. The van der Waals surface area contributed by atoms with E-state index in [1.54, 1.807) is 0 Å². The number of carbonyl (C=O) groups is 1. The maximum absolute atomic E-state index is 11.7. The minimum absolute atomic E-state index is 0.00888. The number of hydrogen-bond donors (Lipinski definition) is 1. The van der Waals surface area contributed by atoms with E-state index in [1.807, 2.05) is 56.3 Å². The summed E-state index contributed by atoms with van der Waals surface area (Å²) in [6.07, 6.45) is 1.65. The third kappa shape index (κ3) is 5.26. The quantitative estimate of drug-likeness (QED) is 0.540. The summed E-state index contributed by atoms with van der Waals surface area (Å²) in [7, 11) is 0. The molecule has 0 unspecified atom stereocenters. The molecule has 3 rings (SSSR count). The van der Waals surface area contributed by atoms with Crippen LogP contribution in [0.4, 0.5) is 0 Å². The van der Waals surface area contributed by atoms with E-state index in [0.717, 1.165) is 35.4 Å². The molecular formula is C22H26ClN3O2. The summed E-state index contributed by atoms with van der Waals surface area (Å²) < 4.78 is 8.06. The summed E-state index contributed by atoms with van der Waals surface area (Å²) in [5, 5.41) is 3.66. The Kier molecular flexibility index (Phi) is 6.93. The Morgan fingerprint density at radius 1 is 1.18 bits per heavy atom. The van der Waals surface area contributed by atoms with Crippen LogP contribution in [-0.2, 0) is 17.8 Å². The molecule has 0 saturated carbocycles. The second-order valence-electron chi connectivity index (χ2n) is 7.02. The van der Waals surface area contributed by atoms with E-state index in [4.69, 9.17) is 21.3 Å². The van der Waals surface area contributed by atoms with Crippen LogP contribution < -0.4 is 10.1 Å². The predicted octanol–water partition coefficient (Wildman–Crippen LogP) is 4.47. The van der Waals surface area contributed by atoms with E-state index >= 15 is 0 Å². The van der Waals surface area contributed by atoms with Crippen molar-refractivity contribution >= 4 is 28.5 Å². The minimum Gasteiger partial charge on any atom is -0.492 e. The number of nitrogens with zero attached hydrogens (tertiary/aromatic N) is 2. The Morgan fingerprint density at radius 2 is 1.93 bits per heavy atom. The van der Waals surface area contributed by atoms with Gasteiger partial charge in [0.15, 0.2) is 0 Å². The lowest BCUT2D eigenvalue weighted by atomic mass is 10.2. The van der Waals surface area contributed by atoms with Crippen LogP contribution in [0.2, 0.25) is 5.02 Å². The lowest BCUT2D eigenvalue weighted by molar-refractivity contribution is -0.123. The fourth-order valence-electron chi connectivity index (χ4n) is 3.01. The number of imidazole rings is 1. The van der Waals surface area contributed by atoms with Crippen molar-refractivity contribution in [1.82, 2.24) is 14.9 Å². The monoisotopic (exact) mass is 399 g/mol. The zero-order valence-electron chi connectivity index (χ0n) is 16.3. The van der Waals surface area contributed by atoms with Gasteiger partial charge < -0.3 is 14.6 Å². The third-order valence-corrected chi connectivity index (χ3v) is 4.78. The molecule has 0 aliphatic rings. The van der Waals surface area contributed by atoms with Crippen LogP contribution in [-0.4, -0.2) is 28.6 Å². The second kappa shape index (κ2) is 9.60. The van der Waals surface area contributed by atoms with E-state index in [-0.39, 0.29) is 11.8 Å². The SMILES string of the molecule is CC(C)C(=O)NCCCc1nc2ccccc2n1CCOc1ccc(Cl)cc1. The number of amides is 1. The van der Waals surface area contributed by atoms with Crippen LogP contribution in [0.3, 0.4) is 0 Å². The largest absolute Gasteiger partial charge is 0.492 e. The molecule has 1 heterocycles. The van der Waals surface area contributed by atoms with E-state index in [9.17, 15) is 4.79 Å². The Balaban J connectivity index is 1.63.